The van der Waals surface area contributed by atoms with E-state index in [0.29, 0.717) is 36.7 Å². The number of hydrogen-bond donors (Lipinski definition) is 1. The zero-order valence-corrected chi connectivity index (χ0v) is 11.6. The quantitative estimate of drug-likeness (QED) is 0.856. The van der Waals surface area contributed by atoms with E-state index < -0.39 is 0 Å². The van der Waals surface area contributed by atoms with Gasteiger partial charge in [-0.25, -0.2) is 4.98 Å². The summed E-state index contributed by atoms with van der Waals surface area (Å²) in [7, 11) is 0. The molecule has 19 heavy (non-hydrogen) atoms. The van der Waals surface area contributed by atoms with Gasteiger partial charge in [0.25, 0.3) is 0 Å². The second-order valence-corrected chi connectivity index (χ2v) is 5.00. The first-order valence-corrected chi connectivity index (χ1v) is 7.12. The molecule has 0 aliphatic heterocycles. The molecule has 1 aliphatic carbocycles. The second kappa shape index (κ2) is 7.28. The van der Waals surface area contributed by atoms with E-state index in [1.807, 2.05) is 6.92 Å². The molecule has 0 saturated heterocycles. The number of nitrogens with two attached hydrogens (primary N) is 1. The average molecular weight is 265 g/mol. The van der Waals surface area contributed by atoms with Gasteiger partial charge in [0.1, 0.15) is 12.4 Å². The summed E-state index contributed by atoms with van der Waals surface area (Å²) >= 11 is 0. The third-order valence-electron chi connectivity index (χ3n) is 3.40. The van der Waals surface area contributed by atoms with Gasteiger partial charge >= 0.3 is 0 Å². The third-order valence-corrected chi connectivity index (χ3v) is 3.40. The first-order chi connectivity index (χ1) is 9.28. The van der Waals surface area contributed by atoms with Gasteiger partial charge in [0.05, 0.1) is 6.61 Å². The van der Waals surface area contributed by atoms with Gasteiger partial charge in [0, 0.05) is 12.7 Å². The Morgan fingerprint density at radius 2 is 2.05 bits per heavy atom. The molecule has 1 aromatic rings. The lowest BCUT2D eigenvalue weighted by Crippen LogP contribution is -2.16. The normalized spacial score (nSPS) is 16.5. The predicted octanol–water partition coefficient (Wildman–Crippen LogP) is 2.55. The molecular formula is C14H23N3O2. The summed E-state index contributed by atoms with van der Waals surface area (Å²) in [6, 6.07) is 1.68. The van der Waals surface area contributed by atoms with Gasteiger partial charge in [-0.15, -0.1) is 0 Å². The first kappa shape index (κ1) is 14.1. The molecule has 5 nitrogen and oxygen atoms in total. The number of hydrogen-bond acceptors (Lipinski definition) is 5. The van der Waals surface area contributed by atoms with E-state index in [4.69, 9.17) is 15.2 Å². The Labute approximate surface area is 114 Å². The highest BCUT2D eigenvalue weighted by molar-refractivity contribution is 5.32. The summed E-state index contributed by atoms with van der Waals surface area (Å²) in [5.74, 6) is 2.23. The Bertz CT molecular complexity index is 392. The summed E-state index contributed by atoms with van der Waals surface area (Å²) in [5, 5.41) is 0. The van der Waals surface area contributed by atoms with E-state index >= 15 is 0 Å². The fourth-order valence-corrected chi connectivity index (χ4v) is 2.38. The predicted molar refractivity (Wildman–Crippen MR) is 73.8 cm³/mol. The van der Waals surface area contributed by atoms with Gasteiger partial charge in [-0.2, -0.15) is 4.98 Å². The van der Waals surface area contributed by atoms with Crippen molar-refractivity contribution in [2.45, 2.75) is 45.6 Å². The number of ether oxygens (including phenoxy) is 2. The lowest BCUT2D eigenvalue weighted by Gasteiger charge is -2.21. The Morgan fingerprint density at radius 1 is 1.26 bits per heavy atom. The number of nitrogens with zero attached hydrogens (tertiary/aromatic N) is 2. The molecule has 0 atom stereocenters. The monoisotopic (exact) mass is 265 g/mol. The number of anilines is 1. The van der Waals surface area contributed by atoms with Crippen LogP contribution in [0.15, 0.2) is 6.07 Å². The Hall–Kier alpha value is -1.36. The van der Waals surface area contributed by atoms with E-state index in [-0.39, 0.29) is 0 Å². The van der Waals surface area contributed by atoms with Crippen molar-refractivity contribution in [3.8, 4) is 5.88 Å². The highest BCUT2D eigenvalue weighted by Crippen LogP contribution is 2.24. The van der Waals surface area contributed by atoms with Crippen molar-refractivity contribution in [1.82, 2.24) is 9.97 Å². The van der Waals surface area contributed by atoms with Crippen molar-refractivity contribution in [2.75, 3.05) is 18.9 Å². The van der Waals surface area contributed by atoms with Gasteiger partial charge in [-0.3, -0.25) is 0 Å². The zero-order chi connectivity index (χ0) is 13.5. The first-order valence-electron chi connectivity index (χ1n) is 7.12. The average Bonchev–Trinajstić information content (AvgIpc) is 2.43. The fraction of sp³-hybridized carbons (Fsp3) is 0.714. The van der Waals surface area contributed by atoms with Crippen LogP contribution >= 0.6 is 0 Å². The lowest BCUT2D eigenvalue weighted by atomic mass is 9.90. The minimum Gasteiger partial charge on any atom is -0.477 e. The number of aromatic nitrogens is 2. The maximum atomic E-state index is 5.76. The molecule has 5 heteroatoms. The summed E-state index contributed by atoms with van der Waals surface area (Å²) in [5.41, 5.74) is 5.75. The van der Waals surface area contributed by atoms with Gasteiger partial charge in [0.2, 0.25) is 5.88 Å². The molecule has 0 aromatic carbocycles. The van der Waals surface area contributed by atoms with E-state index in [1.165, 1.54) is 32.1 Å². The Balaban J connectivity index is 1.89. The van der Waals surface area contributed by atoms with Crippen molar-refractivity contribution < 1.29 is 9.47 Å². The minimum absolute atomic E-state index is 0.376. The molecule has 0 radical (unpaired) electrons. The molecule has 0 amide bonds. The smallest absolute Gasteiger partial charge is 0.218 e. The molecular weight excluding hydrogens is 242 g/mol. The maximum absolute atomic E-state index is 5.76. The van der Waals surface area contributed by atoms with E-state index in [0.717, 1.165) is 6.61 Å². The zero-order valence-electron chi connectivity index (χ0n) is 11.6. The summed E-state index contributed by atoms with van der Waals surface area (Å²) < 4.78 is 11.0. The molecule has 106 valence electrons. The van der Waals surface area contributed by atoms with Crippen LogP contribution in [0.3, 0.4) is 0 Å². The third kappa shape index (κ3) is 4.67. The van der Waals surface area contributed by atoms with Crippen LogP contribution in [0, 0.1) is 5.92 Å². The topological polar surface area (TPSA) is 70.3 Å². The van der Waals surface area contributed by atoms with Crippen molar-refractivity contribution in [1.29, 1.82) is 0 Å². The SMILES string of the molecule is CCOCc1nc(N)cc(OCC2CCCCC2)n1. The molecule has 1 aliphatic rings. The van der Waals surface area contributed by atoms with Gasteiger partial charge < -0.3 is 15.2 Å². The molecule has 1 saturated carbocycles. The Kier molecular flexibility index (Phi) is 5.39. The summed E-state index contributed by atoms with van der Waals surface area (Å²) in [6.07, 6.45) is 6.50. The van der Waals surface area contributed by atoms with Gasteiger partial charge in [0.15, 0.2) is 5.82 Å². The standard InChI is InChI=1S/C14H23N3O2/c1-2-18-10-13-16-12(15)8-14(17-13)19-9-11-6-4-3-5-7-11/h8,11H,2-7,9-10H2,1H3,(H2,15,16,17). The molecule has 0 unspecified atom stereocenters. The van der Waals surface area contributed by atoms with Crippen LogP contribution in [0.5, 0.6) is 5.88 Å². The molecule has 1 aromatic heterocycles. The van der Waals surface area contributed by atoms with E-state index in [1.54, 1.807) is 6.07 Å². The molecule has 2 N–H and O–H groups in total. The minimum atomic E-state index is 0.376. The fourth-order valence-electron chi connectivity index (χ4n) is 2.38. The van der Waals surface area contributed by atoms with Crippen LogP contribution in [0.4, 0.5) is 5.82 Å². The highest BCUT2D eigenvalue weighted by Gasteiger charge is 2.14. The maximum Gasteiger partial charge on any atom is 0.218 e. The molecule has 2 rings (SSSR count). The van der Waals surface area contributed by atoms with E-state index in [9.17, 15) is 0 Å². The summed E-state index contributed by atoms with van der Waals surface area (Å²) in [6.45, 7) is 3.68. The van der Waals surface area contributed by atoms with Gasteiger partial charge in [-0.05, 0) is 25.7 Å². The Morgan fingerprint density at radius 3 is 2.79 bits per heavy atom. The van der Waals surface area contributed by atoms with Crippen molar-refractivity contribution in [2.24, 2.45) is 5.92 Å². The molecule has 0 spiro atoms. The van der Waals surface area contributed by atoms with Crippen LogP contribution in [-0.4, -0.2) is 23.2 Å². The lowest BCUT2D eigenvalue weighted by molar-refractivity contribution is 0.127. The second-order valence-electron chi connectivity index (χ2n) is 5.00. The van der Waals surface area contributed by atoms with Crippen LogP contribution in [0.1, 0.15) is 44.9 Å². The largest absolute Gasteiger partial charge is 0.477 e. The van der Waals surface area contributed by atoms with Crippen LogP contribution in [0.2, 0.25) is 0 Å². The molecule has 0 bridgehead atoms. The van der Waals surface area contributed by atoms with Gasteiger partial charge in [-0.1, -0.05) is 19.3 Å². The van der Waals surface area contributed by atoms with Crippen LogP contribution in [-0.2, 0) is 11.3 Å². The van der Waals surface area contributed by atoms with Crippen molar-refractivity contribution in [3.05, 3.63) is 11.9 Å². The molecule has 1 fully saturated rings. The highest BCUT2D eigenvalue weighted by atomic mass is 16.5. The van der Waals surface area contributed by atoms with Crippen molar-refractivity contribution >= 4 is 5.82 Å². The van der Waals surface area contributed by atoms with Crippen molar-refractivity contribution in [3.63, 3.8) is 0 Å². The van der Waals surface area contributed by atoms with E-state index in [2.05, 4.69) is 9.97 Å². The molecule has 1 heterocycles. The number of nitrogen functional groups attached to an aromatic ring is 1. The number of rotatable bonds is 6. The van der Waals surface area contributed by atoms with Crippen LogP contribution < -0.4 is 10.5 Å². The van der Waals surface area contributed by atoms with Crippen LogP contribution in [0.25, 0.3) is 0 Å². The summed E-state index contributed by atoms with van der Waals surface area (Å²) in [4.78, 5) is 8.44.